The first-order chi connectivity index (χ1) is 8.15. The van der Waals surface area contributed by atoms with Gasteiger partial charge in [-0.05, 0) is 27.7 Å². The van der Waals surface area contributed by atoms with Crippen molar-refractivity contribution >= 4 is 28.7 Å². The molecule has 1 aromatic heterocycles. The Morgan fingerprint density at radius 3 is 2.56 bits per heavy atom. The number of rotatable bonds is 5. The lowest BCUT2D eigenvalue weighted by Crippen LogP contribution is -2.50. The number of hydrogen-bond acceptors (Lipinski definition) is 5. The molecule has 0 aliphatic carbocycles. The second kappa shape index (κ2) is 5.56. The molecule has 5 nitrogen and oxygen atoms in total. The van der Waals surface area contributed by atoms with E-state index in [9.17, 15) is 9.35 Å². The normalized spacial score (nSPS) is 17.2. The molecule has 0 fully saturated rings. The molecule has 2 atom stereocenters. The van der Waals surface area contributed by atoms with E-state index in [1.807, 2.05) is 20.8 Å². The Morgan fingerprint density at radius 1 is 1.56 bits per heavy atom. The molecule has 0 unspecified atom stereocenters. The zero-order chi connectivity index (χ0) is 14.0. The van der Waals surface area contributed by atoms with Crippen molar-refractivity contribution in [3.05, 3.63) is 16.6 Å². The van der Waals surface area contributed by atoms with E-state index < -0.39 is 27.6 Å². The Bertz CT molecular complexity index is 403. The topological polar surface area (TPSA) is 85.3 Å². The lowest BCUT2D eigenvalue weighted by atomic mass is 10.0. The van der Waals surface area contributed by atoms with E-state index >= 15 is 0 Å². The number of carboxylic acid groups (broad SMARTS) is 1. The van der Waals surface area contributed by atoms with Gasteiger partial charge in [0.2, 0.25) is 0 Å². The van der Waals surface area contributed by atoms with Gasteiger partial charge in [-0.1, -0.05) is 0 Å². The van der Waals surface area contributed by atoms with Crippen molar-refractivity contribution in [2.75, 3.05) is 0 Å². The molecule has 0 spiro atoms. The van der Waals surface area contributed by atoms with Crippen molar-refractivity contribution in [1.29, 1.82) is 0 Å². The van der Waals surface area contributed by atoms with Gasteiger partial charge in [-0.3, -0.25) is 4.79 Å². The maximum Gasteiger partial charge on any atom is 0.305 e. The maximum absolute atomic E-state index is 12.1. The quantitative estimate of drug-likeness (QED) is 0.809. The number of thiazole rings is 1. The number of nitrogens with one attached hydrogen (secondary N) is 1. The standard InChI is InChI=1S/C11H18N2O3S2/c1-10(2,3)18(16)13-11(4,7-8(14)15)9-12-5-6-17-9/h5-6,13H,7H2,1-4H3,(H,14,15)/t11-,18+/m0/s1. The van der Waals surface area contributed by atoms with Crippen LogP contribution in [0.25, 0.3) is 0 Å². The maximum atomic E-state index is 12.1. The predicted octanol–water partition coefficient (Wildman–Crippen LogP) is 1.88. The third-order valence-corrected chi connectivity index (χ3v) is 5.07. The van der Waals surface area contributed by atoms with Crippen molar-refractivity contribution in [3.63, 3.8) is 0 Å². The summed E-state index contributed by atoms with van der Waals surface area (Å²) in [7, 11) is 0. The average Bonchev–Trinajstić information content (AvgIpc) is 2.67. The van der Waals surface area contributed by atoms with Crippen molar-refractivity contribution in [1.82, 2.24) is 9.71 Å². The van der Waals surface area contributed by atoms with Gasteiger partial charge in [0.15, 0.2) is 0 Å². The number of carbonyl (C=O) groups is 1. The summed E-state index contributed by atoms with van der Waals surface area (Å²) in [6.07, 6.45) is 1.45. The second-order valence-electron chi connectivity index (χ2n) is 5.22. The SMILES string of the molecule is CC(C)(C)[S@@+]([O-])N[C@@](C)(CC(=O)O)c1nccs1. The van der Waals surface area contributed by atoms with Gasteiger partial charge in [-0.25, -0.2) is 4.98 Å². The molecule has 0 saturated heterocycles. The summed E-state index contributed by atoms with van der Waals surface area (Å²) in [6.45, 7) is 7.21. The first-order valence-electron chi connectivity index (χ1n) is 5.46. The summed E-state index contributed by atoms with van der Waals surface area (Å²) in [4.78, 5) is 15.1. The Labute approximate surface area is 114 Å². The van der Waals surface area contributed by atoms with Gasteiger partial charge >= 0.3 is 5.97 Å². The minimum atomic E-state index is -1.35. The Hall–Kier alpha value is -0.630. The molecule has 0 saturated carbocycles. The molecule has 0 bridgehead atoms. The minimum Gasteiger partial charge on any atom is -0.598 e. The molecule has 18 heavy (non-hydrogen) atoms. The number of hydrogen-bond donors (Lipinski definition) is 2. The summed E-state index contributed by atoms with van der Waals surface area (Å²) in [5.74, 6) is -0.953. The summed E-state index contributed by atoms with van der Waals surface area (Å²) in [6, 6.07) is 0. The molecular weight excluding hydrogens is 272 g/mol. The van der Waals surface area contributed by atoms with E-state index in [4.69, 9.17) is 5.11 Å². The first kappa shape index (κ1) is 15.4. The average molecular weight is 290 g/mol. The van der Waals surface area contributed by atoms with Crippen molar-refractivity contribution in [3.8, 4) is 0 Å². The van der Waals surface area contributed by atoms with Gasteiger partial charge in [0.05, 0.1) is 6.42 Å². The largest absolute Gasteiger partial charge is 0.598 e. The second-order valence-corrected chi connectivity index (χ2v) is 8.08. The number of aliphatic carboxylic acids is 1. The zero-order valence-corrected chi connectivity index (χ0v) is 12.5. The molecule has 0 aliphatic heterocycles. The molecule has 0 amide bonds. The van der Waals surface area contributed by atoms with Crippen molar-refractivity contribution < 1.29 is 14.5 Å². The van der Waals surface area contributed by atoms with E-state index in [1.165, 1.54) is 11.3 Å². The molecule has 0 aliphatic rings. The van der Waals surface area contributed by atoms with Crippen LogP contribution in [-0.4, -0.2) is 25.4 Å². The first-order valence-corrected chi connectivity index (χ1v) is 7.49. The van der Waals surface area contributed by atoms with Crippen LogP contribution in [0.2, 0.25) is 0 Å². The van der Waals surface area contributed by atoms with Crippen molar-refractivity contribution in [2.24, 2.45) is 0 Å². The monoisotopic (exact) mass is 290 g/mol. The zero-order valence-electron chi connectivity index (χ0n) is 10.9. The number of aromatic nitrogens is 1. The van der Waals surface area contributed by atoms with Gasteiger partial charge < -0.3 is 9.66 Å². The van der Waals surface area contributed by atoms with E-state index in [2.05, 4.69) is 9.71 Å². The predicted molar refractivity (Wildman–Crippen MR) is 72.7 cm³/mol. The summed E-state index contributed by atoms with van der Waals surface area (Å²) < 4.78 is 14.6. The smallest absolute Gasteiger partial charge is 0.305 e. The van der Waals surface area contributed by atoms with Gasteiger partial charge in [0.25, 0.3) is 0 Å². The highest BCUT2D eigenvalue weighted by molar-refractivity contribution is 7.90. The fraction of sp³-hybridized carbons (Fsp3) is 0.636. The van der Waals surface area contributed by atoms with Crippen LogP contribution in [0.5, 0.6) is 0 Å². The van der Waals surface area contributed by atoms with Gasteiger partial charge in [0, 0.05) is 22.9 Å². The van der Waals surface area contributed by atoms with Gasteiger partial charge in [0.1, 0.15) is 15.3 Å². The number of carboxylic acids is 1. The molecule has 1 rings (SSSR count). The molecule has 7 heteroatoms. The molecular formula is C11H18N2O3S2. The lowest BCUT2D eigenvalue weighted by Gasteiger charge is -2.32. The van der Waals surface area contributed by atoms with Crippen LogP contribution in [-0.2, 0) is 21.7 Å². The molecule has 102 valence electrons. The van der Waals surface area contributed by atoms with E-state index in [0.717, 1.165) is 0 Å². The van der Waals surface area contributed by atoms with Crippen LogP contribution in [0.3, 0.4) is 0 Å². The molecule has 1 aromatic rings. The molecule has 2 N–H and O–H groups in total. The summed E-state index contributed by atoms with van der Waals surface area (Å²) in [5.41, 5.74) is -0.919. The highest BCUT2D eigenvalue weighted by Crippen LogP contribution is 2.29. The van der Waals surface area contributed by atoms with Crippen LogP contribution >= 0.6 is 11.3 Å². The molecule has 0 radical (unpaired) electrons. The lowest BCUT2D eigenvalue weighted by molar-refractivity contribution is -0.138. The third kappa shape index (κ3) is 3.94. The van der Waals surface area contributed by atoms with Crippen LogP contribution in [0.1, 0.15) is 39.1 Å². The van der Waals surface area contributed by atoms with Crippen LogP contribution in [0.4, 0.5) is 0 Å². The van der Waals surface area contributed by atoms with Crippen LogP contribution in [0, 0.1) is 0 Å². The minimum absolute atomic E-state index is 0.164. The molecule has 0 aromatic carbocycles. The van der Waals surface area contributed by atoms with Gasteiger partial charge in [-0.2, -0.15) is 0 Å². The Morgan fingerprint density at radius 2 is 2.17 bits per heavy atom. The summed E-state index contributed by atoms with van der Waals surface area (Å²) >= 11 is -0.00138. The number of nitrogens with zero attached hydrogens (tertiary/aromatic N) is 1. The fourth-order valence-corrected chi connectivity index (χ4v) is 3.02. The highest BCUT2D eigenvalue weighted by Gasteiger charge is 2.40. The summed E-state index contributed by atoms with van der Waals surface area (Å²) in [5, 5.41) is 11.4. The van der Waals surface area contributed by atoms with E-state index in [0.29, 0.717) is 5.01 Å². The Kier molecular flexibility index (Phi) is 4.77. The van der Waals surface area contributed by atoms with Crippen LogP contribution < -0.4 is 4.72 Å². The van der Waals surface area contributed by atoms with E-state index in [-0.39, 0.29) is 6.42 Å². The Balaban J connectivity index is 2.96. The fourth-order valence-electron chi connectivity index (χ4n) is 1.31. The highest BCUT2D eigenvalue weighted by atomic mass is 32.2. The van der Waals surface area contributed by atoms with E-state index in [1.54, 1.807) is 18.5 Å². The third-order valence-electron chi connectivity index (χ3n) is 2.28. The van der Waals surface area contributed by atoms with Crippen LogP contribution in [0.15, 0.2) is 11.6 Å². The van der Waals surface area contributed by atoms with Crippen molar-refractivity contribution in [2.45, 2.75) is 44.4 Å². The van der Waals surface area contributed by atoms with Gasteiger partial charge in [-0.15, -0.1) is 16.1 Å². The molecule has 1 heterocycles.